The Morgan fingerprint density at radius 1 is 1.12 bits per heavy atom. The highest BCUT2D eigenvalue weighted by Gasteiger charge is 2.15. The molecular formula is C18H16FNO5. The summed E-state index contributed by atoms with van der Waals surface area (Å²) < 4.78 is 29.0. The summed E-state index contributed by atoms with van der Waals surface area (Å²) in [5, 5.41) is 2.63. The van der Waals surface area contributed by atoms with E-state index in [1.807, 2.05) is 0 Å². The molecule has 1 aliphatic heterocycles. The van der Waals surface area contributed by atoms with E-state index >= 15 is 0 Å². The number of benzene rings is 2. The second kappa shape index (κ2) is 7.21. The van der Waals surface area contributed by atoms with Crippen LogP contribution in [0.25, 0.3) is 0 Å². The van der Waals surface area contributed by atoms with Gasteiger partial charge < -0.3 is 19.5 Å². The van der Waals surface area contributed by atoms with Gasteiger partial charge in [0.05, 0.1) is 19.1 Å². The Morgan fingerprint density at radius 3 is 2.64 bits per heavy atom. The quantitative estimate of drug-likeness (QED) is 0.862. The molecule has 1 amide bonds. The van der Waals surface area contributed by atoms with E-state index in [-0.39, 0.29) is 17.9 Å². The number of esters is 1. The molecule has 7 heteroatoms. The van der Waals surface area contributed by atoms with Crippen LogP contribution in [-0.4, -0.2) is 32.2 Å². The monoisotopic (exact) mass is 345 g/mol. The van der Waals surface area contributed by atoms with E-state index in [1.54, 1.807) is 18.2 Å². The fraction of sp³-hybridized carbons (Fsp3) is 0.222. The summed E-state index contributed by atoms with van der Waals surface area (Å²) in [6.07, 6.45) is 0.0988. The van der Waals surface area contributed by atoms with Gasteiger partial charge in [0.1, 0.15) is 19.0 Å². The number of hydrogen-bond donors (Lipinski definition) is 1. The topological polar surface area (TPSA) is 73.9 Å². The van der Waals surface area contributed by atoms with Gasteiger partial charge in [0.15, 0.2) is 11.5 Å². The largest absolute Gasteiger partial charge is 0.486 e. The van der Waals surface area contributed by atoms with Crippen LogP contribution < -0.4 is 14.8 Å². The maximum absolute atomic E-state index is 13.6. The number of carbonyl (C=O) groups is 2. The van der Waals surface area contributed by atoms with Crippen molar-refractivity contribution in [3.63, 3.8) is 0 Å². The highest BCUT2D eigenvalue weighted by Crippen LogP contribution is 2.31. The first-order valence-corrected chi connectivity index (χ1v) is 7.63. The first-order valence-electron chi connectivity index (χ1n) is 7.63. The number of carbonyl (C=O) groups excluding carboxylic acids is 2. The smallest absolute Gasteiger partial charge is 0.340 e. The first-order chi connectivity index (χ1) is 12.1. The van der Waals surface area contributed by atoms with Crippen LogP contribution in [0.2, 0.25) is 0 Å². The van der Waals surface area contributed by atoms with Crippen molar-refractivity contribution in [1.29, 1.82) is 0 Å². The lowest BCUT2D eigenvalue weighted by Gasteiger charge is -2.18. The van der Waals surface area contributed by atoms with Crippen LogP contribution in [0.3, 0.4) is 0 Å². The molecule has 0 radical (unpaired) electrons. The number of anilines is 1. The zero-order chi connectivity index (χ0) is 17.8. The molecule has 2 aromatic carbocycles. The minimum atomic E-state index is -0.805. The first kappa shape index (κ1) is 16.8. The maximum atomic E-state index is 13.6. The van der Waals surface area contributed by atoms with Crippen molar-refractivity contribution in [3.8, 4) is 11.5 Å². The minimum absolute atomic E-state index is 0.0988. The van der Waals surface area contributed by atoms with Gasteiger partial charge in [-0.05, 0) is 35.9 Å². The van der Waals surface area contributed by atoms with Gasteiger partial charge in [-0.15, -0.1) is 0 Å². The molecule has 0 unspecified atom stereocenters. The fourth-order valence-corrected chi connectivity index (χ4v) is 2.46. The molecule has 0 atom stereocenters. The van der Waals surface area contributed by atoms with Crippen molar-refractivity contribution in [1.82, 2.24) is 0 Å². The van der Waals surface area contributed by atoms with Gasteiger partial charge in [-0.25, -0.2) is 9.18 Å². The molecule has 1 heterocycles. The van der Waals surface area contributed by atoms with Gasteiger partial charge in [-0.3, -0.25) is 4.79 Å². The molecule has 1 N–H and O–H groups in total. The van der Waals surface area contributed by atoms with Crippen LogP contribution in [0.5, 0.6) is 11.5 Å². The van der Waals surface area contributed by atoms with Gasteiger partial charge in [-0.2, -0.15) is 0 Å². The Morgan fingerprint density at radius 2 is 1.88 bits per heavy atom. The predicted octanol–water partition coefficient (Wildman–Crippen LogP) is 2.56. The van der Waals surface area contributed by atoms with Gasteiger partial charge in [-0.1, -0.05) is 6.07 Å². The lowest BCUT2D eigenvalue weighted by atomic mass is 10.1. The molecule has 6 nitrogen and oxygen atoms in total. The third-order valence-electron chi connectivity index (χ3n) is 3.63. The molecule has 2 aromatic rings. The minimum Gasteiger partial charge on any atom is -0.486 e. The van der Waals surface area contributed by atoms with Crippen molar-refractivity contribution in [3.05, 3.63) is 53.3 Å². The summed E-state index contributed by atoms with van der Waals surface area (Å²) in [4.78, 5) is 23.7. The summed E-state index contributed by atoms with van der Waals surface area (Å²) in [6, 6.07) is 9.00. The van der Waals surface area contributed by atoms with Crippen LogP contribution >= 0.6 is 0 Å². The van der Waals surface area contributed by atoms with Crippen molar-refractivity contribution >= 4 is 17.6 Å². The molecular weight excluding hydrogens is 329 g/mol. The van der Waals surface area contributed by atoms with E-state index in [0.717, 1.165) is 18.7 Å². The van der Waals surface area contributed by atoms with E-state index in [9.17, 15) is 14.0 Å². The number of amides is 1. The number of hydrogen-bond acceptors (Lipinski definition) is 5. The molecule has 0 aliphatic carbocycles. The van der Waals surface area contributed by atoms with Crippen molar-refractivity contribution < 1.29 is 28.2 Å². The molecule has 1 aliphatic rings. The molecule has 0 bridgehead atoms. The highest BCUT2D eigenvalue weighted by molar-refractivity contribution is 5.95. The summed E-state index contributed by atoms with van der Waals surface area (Å²) >= 11 is 0. The third-order valence-corrected chi connectivity index (χ3v) is 3.63. The van der Waals surface area contributed by atoms with Crippen LogP contribution in [0.15, 0.2) is 36.4 Å². The van der Waals surface area contributed by atoms with E-state index in [1.165, 1.54) is 12.1 Å². The number of fused-ring (bicyclic) bond motifs is 1. The van der Waals surface area contributed by atoms with E-state index in [0.29, 0.717) is 30.4 Å². The molecule has 0 fully saturated rings. The number of halogens is 1. The second-order valence-corrected chi connectivity index (χ2v) is 5.39. The van der Waals surface area contributed by atoms with Crippen molar-refractivity contribution in [2.24, 2.45) is 0 Å². The lowest BCUT2D eigenvalue weighted by Crippen LogP contribution is -2.17. The Kier molecular flexibility index (Phi) is 4.83. The predicted molar refractivity (Wildman–Crippen MR) is 87.5 cm³/mol. The SMILES string of the molecule is COC(=O)c1cc(NC(=O)Cc2ccc3c(c2)OCCO3)ccc1F. The molecule has 3 rings (SSSR count). The molecule has 25 heavy (non-hydrogen) atoms. The number of rotatable bonds is 4. The zero-order valence-electron chi connectivity index (χ0n) is 13.5. The Hall–Kier alpha value is -3.09. The highest BCUT2D eigenvalue weighted by atomic mass is 19.1. The van der Waals surface area contributed by atoms with E-state index in [4.69, 9.17) is 9.47 Å². The third kappa shape index (κ3) is 3.88. The summed E-state index contributed by atoms with van der Waals surface area (Å²) in [7, 11) is 1.16. The average molecular weight is 345 g/mol. The molecule has 0 saturated heterocycles. The number of ether oxygens (including phenoxy) is 3. The standard InChI is InChI=1S/C18H16FNO5/c1-23-18(22)13-10-12(3-4-14(13)19)20-17(21)9-11-2-5-15-16(8-11)25-7-6-24-15/h2-5,8,10H,6-7,9H2,1H3,(H,20,21). The van der Waals surface area contributed by atoms with Crippen molar-refractivity contribution in [2.45, 2.75) is 6.42 Å². The van der Waals surface area contributed by atoms with Crippen LogP contribution in [-0.2, 0) is 16.0 Å². The molecule has 0 spiro atoms. The van der Waals surface area contributed by atoms with E-state index in [2.05, 4.69) is 10.1 Å². The average Bonchev–Trinajstić information content (AvgIpc) is 2.62. The zero-order valence-corrected chi connectivity index (χ0v) is 13.5. The van der Waals surface area contributed by atoms with Crippen LogP contribution in [0, 0.1) is 5.82 Å². The van der Waals surface area contributed by atoms with Crippen LogP contribution in [0.4, 0.5) is 10.1 Å². The van der Waals surface area contributed by atoms with Gasteiger partial charge >= 0.3 is 5.97 Å². The Labute approximate surface area is 143 Å². The Balaban J connectivity index is 1.69. The summed E-state index contributed by atoms with van der Waals surface area (Å²) in [6.45, 7) is 0.967. The summed E-state index contributed by atoms with van der Waals surface area (Å²) in [5.41, 5.74) is 0.820. The van der Waals surface area contributed by atoms with Gasteiger partial charge in [0.25, 0.3) is 0 Å². The van der Waals surface area contributed by atoms with Crippen molar-refractivity contribution in [2.75, 3.05) is 25.6 Å². The van der Waals surface area contributed by atoms with Gasteiger partial charge in [0.2, 0.25) is 5.91 Å². The Bertz CT molecular complexity index is 821. The van der Waals surface area contributed by atoms with Crippen LogP contribution in [0.1, 0.15) is 15.9 Å². The molecule has 130 valence electrons. The summed E-state index contributed by atoms with van der Waals surface area (Å²) in [5.74, 6) is -0.570. The normalized spacial score (nSPS) is 12.4. The molecule has 0 saturated carbocycles. The van der Waals surface area contributed by atoms with E-state index < -0.39 is 11.8 Å². The molecule has 0 aromatic heterocycles. The number of methoxy groups -OCH3 is 1. The lowest BCUT2D eigenvalue weighted by molar-refractivity contribution is -0.115. The fourth-order valence-electron chi connectivity index (χ4n) is 2.46. The maximum Gasteiger partial charge on any atom is 0.340 e. The number of nitrogens with one attached hydrogen (secondary N) is 1. The second-order valence-electron chi connectivity index (χ2n) is 5.39. The van der Waals surface area contributed by atoms with Gasteiger partial charge in [0, 0.05) is 5.69 Å².